The number of hydrogen-bond donors (Lipinski definition) is 2. The van der Waals surface area contributed by atoms with Gasteiger partial charge in [0.1, 0.15) is 5.82 Å². The zero-order chi connectivity index (χ0) is 14.0. The molecule has 0 aliphatic heterocycles. The van der Waals surface area contributed by atoms with Crippen LogP contribution in [0, 0.1) is 30.5 Å². The third-order valence-corrected chi connectivity index (χ3v) is 4.44. The van der Waals surface area contributed by atoms with Crippen LogP contribution in [0.25, 0.3) is 0 Å². The van der Waals surface area contributed by atoms with E-state index in [-0.39, 0.29) is 11.9 Å². The molecule has 0 aromatic heterocycles. The summed E-state index contributed by atoms with van der Waals surface area (Å²) in [6, 6.07) is 5.04. The van der Waals surface area contributed by atoms with Crippen molar-refractivity contribution in [2.24, 2.45) is 23.6 Å². The van der Waals surface area contributed by atoms with Gasteiger partial charge in [-0.3, -0.25) is 11.3 Å². The summed E-state index contributed by atoms with van der Waals surface area (Å²) in [5, 5.41) is 0. The van der Waals surface area contributed by atoms with Crippen molar-refractivity contribution in [3.05, 3.63) is 35.1 Å². The van der Waals surface area contributed by atoms with Gasteiger partial charge in [-0.2, -0.15) is 0 Å². The number of halogens is 1. The Kier molecular flexibility index (Phi) is 4.58. The molecule has 2 rings (SSSR count). The van der Waals surface area contributed by atoms with Crippen LogP contribution in [-0.4, -0.2) is 0 Å². The molecule has 3 unspecified atom stereocenters. The second kappa shape index (κ2) is 6.02. The van der Waals surface area contributed by atoms with Gasteiger partial charge in [-0.1, -0.05) is 19.9 Å². The van der Waals surface area contributed by atoms with Gasteiger partial charge in [-0.15, -0.1) is 0 Å². The molecule has 0 heterocycles. The summed E-state index contributed by atoms with van der Waals surface area (Å²) in [6.45, 7) is 6.62. The highest BCUT2D eigenvalue weighted by Gasteiger charge is 2.31. The summed E-state index contributed by atoms with van der Waals surface area (Å²) in [4.78, 5) is 0. The number of nitrogens with two attached hydrogens (primary N) is 1. The molecule has 3 N–H and O–H groups in total. The molecule has 0 spiro atoms. The van der Waals surface area contributed by atoms with Crippen LogP contribution < -0.4 is 11.3 Å². The van der Waals surface area contributed by atoms with Gasteiger partial charge in [0.05, 0.1) is 0 Å². The molecule has 1 fully saturated rings. The monoisotopic (exact) mass is 264 g/mol. The zero-order valence-corrected chi connectivity index (χ0v) is 12.1. The van der Waals surface area contributed by atoms with Crippen molar-refractivity contribution in [3.8, 4) is 0 Å². The first-order valence-corrected chi connectivity index (χ1v) is 7.23. The summed E-state index contributed by atoms with van der Waals surface area (Å²) in [5.41, 5.74) is 5.05. The van der Waals surface area contributed by atoms with Crippen LogP contribution in [0.4, 0.5) is 4.39 Å². The highest BCUT2D eigenvalue weighted by molar-refractivity contribution is 5.30. The molecule has 106 valence electrons. The highest BCUT2D eigenvalue weighted by Crippen LogP contribution is 2.40. The SMILES string of the molecule is Cc1ccc(F)cc1C(NN)C1CC(C)CC(C)C1. The van der Waals surface area contributed by atoms with Crippen molar-refractivity contribution in [1.29, 1.82) is 0 Å². The molecule has 3 atom stereocenters. The lowest BCUT2D eigenvalue weighted by Gasteiger charge is -2.37. The lowest BCUT2D eigenvalue weighted by molar-refractivity contribution is 0.176. The average molecular weight is 264 g/mol. The first-order valence-electron chi connectivity index (χ1n) is 7.23. The molecule has 2 nitrogen and oxygen atoms in total. The second-order valence-corrected chi connectivity index (χ2v) is 6.32. The summed E-state index contributed by atoms with van der Waals surface area (Å²) in [7, 11) is 0. The van der Waals surface area contributed by atoms with Crippen LogP contribution in [0.1, 0.15) is 50.3 Å². The Labute approximate surface area is 115 Å². The van der Waals surface area contributed by atoms with E-state index in [1.165, 1.54) is 12.5 Å². The lowest BCUT2D eigenvalue weighted by Crippen LogP contribution is -2.37. The number of nitrogens with one attached hydrogen (secondary N) is 1. The van der Waals surface area contributed by atoms with Crippen LogP contribution in [0.15, 0.2) is 18.2 Å². The molecular formula is C16H25FN2. The van der Waals surface area contributed by atoms with Crippen molar-refractivity contribution in [2.45, 2.75) is 46.1 Å². The number of benzene rings is 1. The summed E-state index contributed by atoms with van der Waals surface area (Å²) in [6.07, 6.45) is 3.61. The molecule has 1 saturated carbocycles. The van der Waals surface area contributed by atoms with Crippen molar-refractivity contribution < 1.29 is 4.39 Å². The molecule has 1 aliphatic rings. The topological polar surface area (TPSA) is 38.0 Å². The number of aryl methyl sites for hydroxylation is 1. The molecule has 0 bridgehead atoms. The summed E-state index contributed by atoms with van der Waals surface area (Å²) < 4.78 is 13.5. The maximum atomic E-state index is 13.5. The first kappa shape index (κ1) is 14.5. The summed E-state index contributed by atoms with van der Waals surface area (Å²) in [5.74, 6) is 7.52. The molecule has 1 aromatic rings. The third kappa shape index (κ3) is 3.34. The standard InChI is InChI=1S/C16H25FN2/c1-10-6-11(2)8-13(7-10)16(19-18)15-9-14(17)5-4-12(15)3/h4-5,9-11,13,16,19H,6-8,18H2,1-3H3. The van der Waals surface area contributed by atoms with Gasteiger partial charge in [-0.05, 0) is 67.2 Å². The minimum absolute atomic E-state index is 0.0564. The normalized spacial score (nSPS) is 29.2. The Bertz CT molecular complexity index is 423. The first-order chi connectivity index (χ1) is 9.01. The number of rotatable bonds is 3. The van der Waals surface area contributed by atoms with Gasteiger partial charge in [-0.25, -0.2) is 4.39 Å². The van der Waals surface area contributed by atoms with Gasteiger partial charge in [0, 0.05) is 6.04 Å². The van der Waals surface area contributed by atoms with Crippen LogP contribution >= 0.6 is 0 Å². The minimum Gasteiger partial charge on any atom is -0.271 e. The van der Waals surface area contributed by atoms with Crippen molar-refractivity contribution in [1.82, 2.24) is 5.43 Å². The fourth-order valence-corrected chi connectivity index (χ4v) is 3.71. The fraction of sp³-hybridized carbons (Fsp3) is 0.625. The quantitative estimate of drug-likeness (QED) is 0.645. The second-order valence-electron chi connectivity index (χ2n) is 6.32. The van der Waals surface area contributed by atoms with Crippen LogP contribution in [0.5, 0.6) is 0 Å². The lowest BCUT2D eigenvalue weighted by atomic mass is 9.72. The molecular weight excluding hydrogens is 239 g/mol. The Morgan fingerprint density at radius 1 is 1.21 bits per heavy atom. The van der Waals surface area contributed by atoms with E-state index in [0.717, 1.165) is 35.8 Å². The Hall–Kier alpha value is -0.930. The van der Waals surface area contributed by atoms with E-state index in [1.54, 1.807) is 6.07 Å². The average Bonchev–Trinajstić information content (AvgIpc) is 2.33. The van der Waals surface area contributed by atoms with Crippen LogP contribution in [0.2, 0.25) is 0 Å². The predicted molar refractivity (Wildman–Crippen MR) is 76.9 cm³/mol. The fourth-order valence-electron chi connectivity index (χ4n) is 3.71. The third-order valence-electron chi connectivity index (χ3n) is 4.44. The molecule has 0 amide bonds. The Balaban J connectivity index is 2.26. The van der Waals surface area contributed by atoms with E-state index >= 15 is 0 Å². The van der Waals surface area contributed by atoms with E-state index in [0.29, 0.717) is 5.92 Å². The number of hydrogen-bond acceptors (Lipinski definition) is 2. The van der Waals surface area contributed by atoms with Crippen molar-refractivity contribution in [2.75, 3.05) is 0 Å². The maximum absolute atomic E-state index is 13.5. The van der Waals surface area contributed by atoms with Gasteiger partial charge in [0.15, 0.2) is 0 Å². The Morgan fingerprint density at radius 2 is 1.84 bits per heavy atom. The molecule has 1 aliphatic carbocycles. The summed E-state index contributed by atoms with van der Waals surface area (Å²) >= 11 is 0. The van der Waals surface area contributed by atoms with Crippen molar-refractivity contribution >= 4 is 0 Å². The zero-order valence-electron chi connectivity index (χ0n) is 12.1. The maximum Gasteiger partial charge on any atom is 0.123 e. The van der Waals surface area contributed by atoms with Gasteiger partial charge >= 0.3 is 0 Å². The van der Waals surface area contributed by atoms with E-state index in [9.17, 15) is 4.39 Å². The van der Waals surface area contributed by atoms with E-state index in [1.807, 2.05) is 13.0 Å². The highest BCUT2D eigenvalue weighted by atomic mass is 19.1. The minimum atomic E-state index is -0.183. The smallest absolute Gasteiger partial charge is 0.123 e. The molecule has 19 heavy (non-hydrogen) atoms. The van der Waals surface area contributed by atoms with Crippen LogP contribution in [0.3, 0.4) is 0 Å². The Morgan fingerprint density at radius 3 is 2.42 bits per heavy atom. The molecule has 0 radical (unpaired) electrons. The molecule has 1 aromatic carbocycles. The molecule has 3 heteroatoms. The molecule has 0 saturated heterocycles. The van der Waals surface area contributed by atoms with E-state index in [2.05, 4.69) is 19.3 Å². The predicted octanol–water partition coefficient (Wildman–Crippen LogP) is 3.71. The van der Waals surface area contributed by atoms with Crippen molar-refractivity contribution in [3.63, 3.8) is 0 Å². The van der Waals surface area contributed by atoms with Gasteiger partial charge in [0.2, 0.25) is 0 Å². The van der Waals surface area contributed by atoms with Gasteiger partial charge in [0.25, 0.3) is 0 Å². The van der Waals surface area contributed by atoms with E-state index in [4.69, 9.17) is 5.84 Å². The largest absolute Gasteiger partial charge is 0.271 e. The number of hydrazine groups is 1. The van der Waals surface area contributed by atoms with Crippen LogP contribution in [-0.2, 0) is 0 Å². The van der Waals surface area contributed by atoms with E-state index < -0.39 is 0 Å². The van der Waals surface area contributed by atoms with Gasteiger partial charge < -0.3 is 0 Å².